The Morgan fingerprint density at radius 1 is 0.111 bits per heavy atom. The molecule has 0 bridgehead atoms. The molecule has 60 radical (unpaired) electrons. The molecule has 1 nitrogen and oxygen atoms in total. The van der Waals surface area contributed by atoms with Crippen molar-refractivity contribution in [3.8, 4) is 33.4 Å². The lowest BCUT2D eigenvalue weighted by Crippen LogP contribution is -2.52. The van der Waals surface area contributed by atoms with Gasteiger partial charge in [-0.05, 0) is 81.9 Å². The molecule has 0 N–H and O–H groups in total. The van der Waals surface area contributed by atoms with Crippen LogP contribution in [0.25, 0.3) is 109 Å². The lowest BCUT2D eigenvalue weighted by Gasteiger charge is -2.33. The minimum absolute atomic E-state index is 0.000738. The van der Waals surface area contributed by atoms with Crippen molar-refractivity contribution in [2.45, 2.75) is 0 Å². The average Bonchev–Trinajstić information content (AvgIpc) is 4.05. The van der Waals surface area contributed by atoms with Crippen molar-refractivity contribution in [1.29, 1.82) is 0 Å². The Labute approximate surface area is 509 Å². The SMILES string of the molecule is [B]c1c([B])c(-c2c([B])c([B])c([B])c3oc4c5c([B])c([B])c([B])c([B])c5c([B])c([B])c4c23)c([B])c([B])c1-c1c2c([B])c([B])c([B])c([B])c2c(-c2c([B])c([B])c3c(c2[B])c([B])c([B])c2c([B])c([B])c([B])c([B])c23)c2c([B])c([B])c([B])c([B])c12. The minimum Gasteiger partial charge on any atom is -0.456 e. The van der Waals surface area contributed by atoms with Gasteiger partial charge in [0.2, 0.25) is 0 Å². The second-order valence-corrected chi connectivity index (χ2v) is 19.9. The number of rotatable bonds is 3. The van der Waals surface area contributed by atoms with Gasteiger partial charge in [0.05, 0.1) is 0 Å². The fraction of sp³-hybridized carbons (Fsp3) is 0. The Morgan fingerprint density at radius 2 is 0.309 bits per heavy atom. The minimum atomic E-state index is -0.302. The van der Waals surface area contributed by atoms with Crippen molar-refractivity contribution in [2.24, 2.45) is 0 Å². The molecular formula is C50B30O. The summed E-state index contributed by atoms with van der Waals surface area (Å²) in [4.78, 5) is 0. The van der Waals surface area contributed by atoms with E-state index >= 15 is 0 Å². The van der Waals surface area contributed by atoms with E-state index in [1.54, 1.807) is 0 Å². The summed E-state index contributed by atoms with van der Waals surface area (Å²) in [6.07, 6.45) is 0. The van der Waals surface area contributed by atoms with E-state index in [1.165, 1.54) is 0 Å². The van der Waals surface area contributed by atoms with Crippen LogP contribution in [0.1, 0.15) is 0 Å². The summed E-state index contributed by atoms with van der Waals surface area (Å²) < 4.78 is 6.50. The van der Waals surface area contributed by atoms with Gasteiger partial charge < -0.3 is 4.42 Å². The third-order valence-corrected chi connectivity index (χ3v) is 16.0. The highest BCUT2D eigenvalue weighted by Gasteiger charge is 2.32. The van der Waals surface area contributed by atoms with Gasteiger partial charge in [0, 0.05) is 16.2 Å². The summed E-state index contributed by atoms with van der Waals surface area (Å²) in [5.41, 5.74) is -5.40. The maximum absolute atomic E-state index is 7.31. The molecule has 0 saturated heterocycles. The summed E-state index contributed by atoms with van der Waals surface area (Å²) in [6, 6.07) is 0. The zero-order valence-electron chi connectivity index (χ0n) is 42.7. The molecule has 0 saturated carbocycles. The molecule has 0 aliphatic rings. The van der Waals surface area contributed by atoms with Gasteiger partial charge in [-0.1, -0.05) is 115 Å². The normalized spacial score (nSPS) is 12.0. The first-order chi connectivity index (χ1) is 37.8. The number of hydrogen-bond acceptors (Lipinski definition) is 1. The first-order valence-electron chi connectivity index (χ1n) is 23.8. The first-order valence-corrected chi connectivity index (χ1v) is 23.8. The molecule has 0 amide bonds. The summed E-state index contributed by atoms with van der Waals surface area (Å²) >= 11 is 0. The molecule has 10 aromatic carbocycles. The topological polar surface area (TPSA) is 13.1 Å². The van der Waals surface area contributed by atoms with Gasteiger partial charge in [-0.15, -0.1) is 49.2 Å². The van der Waals surface area contributed by atoms with Crippen molar-refractivity contribution in [3.63, 3.8) is 0 Å². The summed E-state index contributed by atoms with van der Waals surface area (Å²) in [5, 5.41) is 0.630. The lowest BCUT2D eigenvalue weighted by atomic mass is 9.55. The fourth-order valence-corrected chi connectivity index (χ4v) is 11.8. The highest BCUT2D eigenvalue weighted by atomic mass is 16.3. The molecular weight excluding hydrogens is 941 g/mol. The highest BCUT2D eigenvalue weighted by Crippen LogP contribution is 2.40. The van der Waals surface area contributed by atoms with Crippen LogP contribution in [0, 0.1) is 0 Å². The van der Waals surface area contributed by atoms with Gasteiger partial charge in [0.15, 0.2) is 0 Å². The Morgan fingerprint density at radius 3 is 0.679 bits per heavy atom. The standard InChI is InChI=1S/C50B30O/c51-19-11(27(59)20(52)7-8-14(31(63)30(62)13(7)19)35(67)44(76)43(75)25(8)57)1-3-5(23(55)41(73)39(71)21(3)53)2(6-4(1)22(54)40(72)42(74)24(6)56)12-28(60)32(64)15(33(65)29(12)61)9-10-17-37(69)34(66)16-18(38(70)46(78)45(77)36(16)68)49(17)81-50(10)48(80)47(79)26(9)58. The van der Waals surface area contributed by atoms with Gasteiger partial charge in [-0.25, -0.2) is 0 Å². The number of hydrogen-bond donors (Lipinski definition) is 0. The Bertz CT molecular complexity index is 4820. The van der Waals surface area contributed by atoms with Crippen molar-refractivity contribution in [1.82, 2.24) is 0 Å². The smallest absolute Gasteiger partial charge is 0.141 e. The molecule has 11 rings (SSSR count). The van der Waals surface area contributed by atoms with Crippen LogP contribution in [0.3, 0.4) is 0 Å². The Balaban J connectivity index is 1.35. The third kappa shape index (κ3) is 7.30. The molecule has 296 valence electrons. The van der Waals surface area contributed by atoms with Gasteiger partial charge in [0.1, 0.15) is 247 Å². The van der Waals surface area contributed by atoms with Gasteiger partial charge >= 0.3 is 0 Å². The van der Waals surface area contributed by atoms with E-state index in [9.17, 15) is 0 Å². The molecule has 11 aromatic rings. The van der Waals surface area contributed by atoms with E-state index in [4.69, 9.17) is 240 Å². The predicted molar refractivity (Wildman–Crippen MR) is 379 cm³/mol. The molecule has 0 unspecified atom stereocenters. The molecule has 0 aliphatic heterocycles. The monoisotopic (exact) mass is 946 g/mol. The summed E-state index contributed by atoms with van der Waals surface area (Å²) in [7, 11) is 205. The van der Waals surface area contributed by atoms with E-state index in [-0.39, 0.29) is 273 Å². The van der Waals surface area contributed by atoms with E-state index in [0.29, 0.717) is 0 Å². The number of furan rings is 1. The van der Waals surface area contributed by atoms with Crippen LogP contribution in [0.4, 0.5) is 0 Å². The van der Waals surface area contributed by atoms with E-state index in [2.05, 4.69) is 0 Å². The molecule has 1 aromatic heterocycles. The molecule has 81 heavy (non-hydrogen) atoms. The van der Waals surface area contributed by atoms with Crippen LogP contribution in [-0.4, -0.2) is 235 Å². The quantitative estimate of drug-likeness (QED) is 0.0977. The highest BCUT2D eigenvalue weighted by molar-refractivity contribution is 6.79. The van der Waals surface area contributed by atoms with Crippen LogP contribution in [0.15, 0.2) is 4.42 Å². The molecule has 0 atom stereocenters. The Hall–Kier alpha value is -4.75. The van der Waals surface area contributed by atoms with E-state index < -0.39 is 0 Å². The number of benzene rings is 10. The first kappa shape index (κ1) is 58.0. The molecule has 31 heteroatoms. The van der Waals surface area contributed by atoms with Crippen molar-refractivity contribution in [3.05, 3.63) is 0 Å². The zero-order chi connectivity index (χ0) is 59.6. The van der Waals surface area contributed by atoms with E-state index in [1.807, 2.05) is 0 Å². The van der Waals surface area contributed by atoms with Crippen molar-refractivity contribution in [2.75, 3.05) is 0 Å². The predicted octanol–water partition coefficient (Wildman–Crippen LogP) is -21.8. The maximum atomic E-state index is 7.31. The molecule has 0 aliphatic carbocycles. The van der Waals surface area contributed by atoms with Crippen LogP contribution < -0.4 is 164 Å². The average molecular weight is 941 g/mol. The van der Waals surface area contributed by atoms with Crippen LogP contribution in [-0.2, 0) is 0 Å². The van der Waals surface area contributed by atoms with Gasteiger partial charge in [-0.2, -0.15) is 0 Å². The maximum Gasteiger partial charge on any atom is 0.141 e. The summed E-state index contributed by atoms with van der Waals surface area (Å²) in [5.74, 6) is 0. The van der Waals surface area contributed by atoms with Crippen LogP contribution >= 0.6 is 0 Å². The summed E-state index contributed by atoms with van der Waals surface area (Å²) in [6.45, 7) is 0. The fourth-order valence-electron chi connectivity index (χ4n) is 11.8. The van der Waals surface area contributed by atoms with Gasteiger partial charge in [0.25, 0.3) is 0 Å². The largest absolute Gasteiger partial charge is 0.456 e. The molecule has 0 spiro atoms. The second kappa shape index (κ2) is 19.4. The molecule has 0 fully saturated rings. The number of fused-ring (bicyclic) bond motifs is 10. The van der Waals surface area contributed by atoms with Crippen molar-refractivity contribution >= 4 is 475 Å². The second-order valence-electron chi connectivity index (χ2n) is 19.9. The molecule has 1 heterocycles. The van der Waals surface area contributed by atoms with Crippen LogP contribution in [0.5, 0.6) is 0 Å². The zero-order valence-corrected chi connectivity index (χ0v) is 42.7. The van der Waals surface area contributed by atoms with Gasteiger partial charge in [-0.3, -0.25) is 0 Å². The van der Waals surface area contributed by atoms with Crippen molar-refractivity contribution < 1.29 is 4.42 Å². The van der Waals surface area contributed by atoms with E-state index in [0.717, 1.165) is 0 Å². The lowest BCUT2D eigenvalue weighted by molar-refractivity contribution is 0.676. The Kier molecular flexibility index (Phi) is 13.9. The third-order valence-electron chi connectivity index (χ3n) is 16.0. The van der Waals surface area contributed by atoms with Crippen LogP contribution in [0.2, 0.25) is 0 Å².